The van der Waals surface area contributed by atoms with E-state index in [4.69, 9.17) is 0 Å². The molecule has 0 aromatic heterocycles. The predicted octanol–water partition coefficient (Wildman–Crippen LogP) is 1.31. The molecule has 2 unspecified atom stereocenters. The lowest BCUT2D eigenvalue weighted by Crippen LogP contribution is -2.13. The van der Waals surface area contributed by atoms with E-state index in [1.165, 1.54) is 12.8 Å². The van der Waals surface area contributed by atoms with Crippen LogP contribution >= 0.6 is 0 Å². The van der Waals surface area contributed by atoms with E-state index in [9.17, 15) is 10.2 Å². The third kappa shape index (κ3) is 3.21. The summed E-state index contributed by atoms with van der Waals surface area (Å²) in [5.74, 6) is 0.555. The summed E-state index contributed by atoms with van der Waals surface area (Å²) < 4.78 is 0. The van der Waals surface area contributed by atoms with Crippen molar-refractivity contribution in [3.63, 3.8) is 0 Å². The van der Waals surface area contributed by atoms with E-state index in [1.54, 1.807) is 0 Å². The lowest BCUT2D eigenvalue weighted by molar-refractivity contribution is 0.0994. The Labute approximate surface area is 68.2 Å². The van der Waals surface area contributed by atoms with Crippen LogP contribution in [0.15, 0.2) is 0 Å². The van der Waals surface area contributed by atoms with Gasteiger partial charge in [0, 0.05) is 0 Å². The second-order valence-corrected chi connectivity index (χ2v) is 3.54. The number of aliphatic hydroxyl groups excluding tert-OH is 2. The number of aliphatic hydroxyl groups is 2. The molecule has 0 radical (unpaired) electrons. The summed E-state index contributed by atoms with van der Waals surface area (Å²) in [7, 11) is 0. The molecule has 1 fully saturated rings. The minimum absolute atomic E-state index is 0.142. The Bertz CT molecular complexity index is 110. The molecule has 0 aliphatic heterocycles. The van der Waals surface area contributed by atoms with E-state index < -0.39 is 0 Å². The van der Waals surface area contributed by atoms with Crippen LogP contribution in [0.25, 0.3) is 0 Å². The Morgan fingerprint density at radius 3 is 2.36 bits per heavy atom. The Morgan fingerprint density at radius 1 is 1.27 bits per heavy atom. The lowest BCUT2D eigenvalue weighted by atomic mass is 10.1. The van der Waals surface area contributed by atoms with E-state index >= 15 is 0 Å². The fraction of sp³-hybridized carbons (Fsp3) is 1.00. The third-order valence-electron chi connectivity index (χ3n) is 2.43. The van der Waals surface area contributed by atoms with Gasteiger partial charge in [-0.25, -0.2) is 0 Å². The smallest absolute Gasteiger partial charge is 0.0569 e. The molecule has 2 N–H and O–H groups in total. The molecule has 66 valence electrons. The minimum atomic E-state index is -0.205. The van der Waals surface area contributed by atoms with Crippen LogP contribution in [0, 0.1) is 5.92 Å². The van der Waals surface area contributed by atoms with Crippen LogP contribution < -0.4 is 0 Å². The molecular weight excluding hydrogens is 140 g/mol. The molecule has 2 heteroatoms. The maximum atomic E-state index is 9.42. The highest BCUT2D eigenvalue weighted by Gasteiger charge is 2.29. The van der Waals surface area contributed by atoms with E-state index in [2.05, 4.69) is 0 Å². The first-order chi connectivity index (χ1) is 5.24. The first kappa shape index (κ1) is 9.01. The summed E-state index contributed by atoms with van der Waals surface area (Å²) in [6.45, 7) is 1.97. The molecule has 0 bridgehead atoms. The van der Waals surface area contributed by atoms with E-state index in [-0.39, 0.29) is 12.2 Å². The average Bonchev–Trinajstić information content (AvgIpc) is 2.81. The van der Waals surface area contributed by atoms with Crippen LogP contribution in [0.2, 0.25) is 0 Å². The molecule has 2 atom stereocenters. The maximum Gasteiger partial charge on any atom is 0.0569 e. The zero-order chi connectivity index (χ0) is 8.27. The molecular formula is C9H18O2. The quantitative estimate of drug-likeness (QED) is 0.633. The molecule has 0 aromatic carbocycles. The molecule has 11 heavy (non-hydrogen) atoms. The van der Waals surface area contributed by atoms with Gasteiger partial charge in [-0.15, -0.1) is 0 Å². The van der Waals surface area contributed by atoms with Crippen molar-refractivity contribution in [2.75, 3.05) is 0 Å². The van der Waals surface area contributed by atoms with Crippen molar-refractivity contribution in [3.05, 3.63) is 0 Å². The second-order valence-electron chi connectivity index (χ2n) is 3.54. The largest absolute Gasteiger partial charge is 0.393 e. The van der Waals surface area contributed by atoms with Gasteiger partial charge in [0.05, 0.1) is 12.2 Å². The molecule has 0 aromatic rings. The lowest BCUT2D eigenvalue weighted by Gasteiger charge is -2.11. The van der Waals surface area contributed by atoms with Gasteiger partial charge in [-0.1, -0.05) is 6.92 Å². The fourth-order valence-corrected chi connectivity index (χ4v) is 1.28. The summed E-state index contributed by atoms with van der Waals surface area (Å²) in [6.07, 6.45) is 4.36. The van der Waals surface area contributed by atoms with E-state index in [0.717, 1.165) is 19.3 Å². The highest BCUT2D eigenvalue weighted by atomic mass is 16.3. The highest BCUT2D eigenvalue weighted by Crippen LogP contribution is 2.34. The van der Waals surface area contributed by atoms with Gasteiger partial charge in [0.25, 0.3) is 0 Å². The zero-order valence-corrected chi connectivity index (χ0v) is 7.16. The van der Waals surface area contributed by atoms with Crippen LogP contribution in [0.4, 0.5) is 0 Å². The SMILES string of the molecule is CCC(O)CCC(O)C1CC1. The number of hydrogen-bond acceptors (Lipinski definition) is 2. The van der Waals surface area contributed by atoms with Gasteiger partial charge in [-0.2, -0.15) is 0 Å². The number of hydrogen-bond donors (Lipinski definition) is 2. The first-order valence-electron chi connectivity index (χ1n) is 4.60. The van der Waals surface area contributed by atoms with Crippen molar-refractivity contribution in [3.8, 4) is 0 Å². The van der Waals surface area contributed by atoms with Crippen LogP contribution in [-0.2, 0) is 0 Å². The molecule has 1 aliphatic rings. The standard InChI is InChI=1S/C9H18O2/c1-2-8(10)5-6-9(11)7-3-4-7/h7-11H,2-6H2,1H3. The summed E-state index contributed by atoms with van der Waals surface area (Å²) >= 11 is 0. The van der Waals surface area contributed by atoms with Crippen LogP contribution in [0.5, 0.6) is 0 Å². The summed E-state index contributed by atoms with van der Waals surface area (Å²) in [5.41, 5.74) is 0. The topological polar surface area (TPSA) is 40.5 Å². The molecule has 0 amide bonds. The Kier molecular flexibility index (Phi) is 3.34. The van der Waals surface area contributed by atoms with Crippen LogP contribution in [-0.4, -0.2) is 22.4 Å². The monoisotopic (exact) mass is 158 g/mol. The third-order valence-corrected chi connectivity index (χ3v) is 2.43. The fourth-order valence-electron chi connectivity index (χ4n) is 1.28. The van der Waals surface area contributed by atoms with Gasteiger partial charge in [0.15, 0.2) is 0 Å². The Balaban J connectivity index is 2.00. The minimum Gasteiger partial charge on any atom is -0.393 e. The van der Waals surface area contributed by atoms with Gasteiger partial charge in [0.1, 0.15) is 0 Å². The molecule has 1 aliphatic carbocycles. The molecule has 1 rings (SSSR count). The van der Waals surface area contributed by atoms with E-state index in [1.807, 2.05) is 6.92 Å². The van der Waals surface area contributed by atoms with Gasteiger partial charge < -0.3 is 10.2 Å². The normalized spacial score (nSPS) is 23.2. The van der Waals surface area contributed by atoms with Crippen molar-refractivity contribution < 1.29 is 10.2 Å². The van der Waals surface area contributed by atoms with Crippen LogP contribution in [0.3, 0.4) is 0 Å². The molecule has 0 saturated heterocycles. The molecule has 2 nitrogen and oxygen atoms in total. The van der Waals surface area contributed by atoms with Gasteiger partial charge in [-0.3, -0.25) is 0 Å². The Hall–Kier alpha value is -0.0800. The van der Waals surface area contributed by atoms with Crippen molar-refractivity contribution in [1.29, 1.82) is 0 Å². The first-order valence-corrected chi connectivity index (χ1v) is 4.60. The molecule has 0 heterocycles. The average molecular weight is 158 g/mol. The summed E-state index contributed by atoms with van der Waals surface area (Å²) in [4.78, 5) is 0. The van der Waals surface area contributed by atoms with Crippen molar-refractivity contribution >= 4 is 0 Å². The van der Waals surface area contributed by atoms with E-state index in [0.29, 0.717) is 5.92 Å². The highest BCUT2D eigenvalue weighted by molar-refractivity contribution is 4.81. The summed E-state index contributed by atoms with van der Waals surface area (Å²) in [5, 5.41) is 18.6. The van der Waals surface area contributed by atoms with Crippen molar-refractivity contribution in [2.24, 2.45) is 5.92 Å². The maximum absolute atomic E-state index is 9.42. The second kappa shape index (κ2) is 4.07. The number of rotatable bonds is 5. The van der Waals surface area contributed by atoms with Gasteiger partial charge in [0.2, 0.25) is 0 Å². The Morgan fingerprint density at radius 2 is 1.91 bits per heavy atom. The van der Waals surface area contributed by atoms with Crippen molar-refractivity contribution in [2.45, 2.75) is 51.2 Å². The van der Waals surface area contributed by atoms with Crippen molar-refractivity contribution in [1.82, 2.24) is 0 Å². The molecule has 1 saturated carbocycles. The molecule has 0 spiro atoms. The zero-order valence-electron chi connectivity index (χ0n) is 7.16. The van der Waals surface area contributed by atoms with Gasteiger partial charge in [-0.05, 0) is 38.0 Å². The summed E-state index contributed by atoms with van der Waals surface area (Å²) in [6, 6.07) is 0. The predicted molar refractivity (Wildman–Crippen MR) is 44.3 cm³/mol. The van der Waals surface area contributed by atoms with Crippen LogP contribution in [0.1, 0.15) is 39.0 Å². The van der Waals surface area contributed by atoms with Gasteiger partial charge >= 0.3 is 0 Å².